The van der Waals surface area contributed by atoms with Gasteiger partial charge in [-0.2, -0.15) is 0 Å². The number of hydrogen-bond donors (Lipinski definition) is 2. The first kappa shape index (κ1) is 21.4. The molecule has 1 saturated heterocycles. The lowest BCUT2D eigenvalue weighted by Gasteiger charge is -2.37. The number of anilines is 2. The van der Waals surface area contributed by atoms with Crippen molar-refractivity contribution in [3.8, 4) is 5.75 Å². The van der Waals surface area contributed by atoms with Crippen molar-refractivity contribution in [1.82, 2.24) is 4.90 Å². The van der Waals surface area contributed by atoms with E-state index in [9.17, 15) is 9.90 Å². The number of hydrogen-bond acceptors (Lipinski definition) is 5. The molecule has 156 valence electrons. The maximum atomic E-state index is 11.3. The van der Waals surface area contributed by atoms with Crippen LogP contribution in [0.3, 0.4) is 0 Å². The summed E-state index contributed by atoms with van der Waals surface area (Å²) in [4.78, 5) is 15.9. The molecule has 1 aliphatic heterocycles. The van der Waals surface area contributed by atoms with E-state index in [0.29, 0.717) is 18.0 Å². The summed E-state index contributed by atoms with van der Waals surface area (Å²) < 4.78 is 5.74. The standard InChI is InChI=1S/C22H28ClN3O3/c1-16-7-8-18(23)13-21(16)26-11-9-25(10-12-26)14-19(28)15-29-22-6-4-3-5-20(22)24-17(2)27/h3-8,13,19,28H,9-12,14-15H2,1-2H3,(H,24,27). The topological polar surface area (TPSA) is 65.0 Å². The van der Waals surface area contributed by atoms with Crippen molar-refractivity contribution >= 4 is 28.9 Å². The molecule has 0 bridgehead atoms. The first-order chi connectivity index (χ1) is 13.9. The Labute approximate surface area is 177 Å². The van der Waals surface area contributed by atoms with E-state index < -0.39 is 6.10 Å². The molecule has 0 saturated carbocycles. The molecule has 1 unspecified atom stereocenters. The highest BCUT2D eigenvalue weighted by Crippen LogP contribution is 2.26. The molecular weight excluding hydrogens is 390 g/mol. The highest BCUT2D eigenvalue weighted by Gasteiger charge is 2.21. The fourth-order valence-corrected chi connectivity index (χ4v) is 3.68. The highest BCUT2D eigenvalue weighted by molar-refractivity contribution is 6.30. The van der Waals surface area contributed by atoms with Gasteiger partial charge >= 0.3 is 0 Å². The monoisotopic (exact) mass is 417 g/mol. The second-order valence-electron chi connectivity index (χ2n) is 7.36. The summed E-state index contributed by atoms with van der Waals surface area (Å²) in [6, 6.07) is 13.2. The molecule has 0 aromatic heterocycles. The van der Waals surface area contributed by atoms with E-state index >= 15 is 0 Å². The third-order valence-corrected chi connectivity index (χ3v) is 5.22. The molecule has 1 aliphatic rings. The number of rotatable bonds is 7. The van der Waals surface area contributed by atoms with Gasteiger partial charge in [-0.05, 0) is 36.8 Å². The van der Waals surface area contributed by atoms with Crippen molar-refractivity contribution in [3.63, 3.8) is 0 Å². The lowest BCUT2D eigenvalue weighted by Crippen LogP contribution is -2.49. The average Bonchev–Trinajstić information content (AvgIpc) is 2.69. The molecule has 0 radical (unpaired) electrons. The predicted molar refractivity (Wildman–Crippen MR) is 117 cm³/mol. The number of carbonyl (C=O) groups is 1. The Morgan fingerprint density at radius 2 is 1.93 bits per heavy atom. The molecule has 3 rings (SSSR count). The molecule has 1 amide bonds. The van der Waals surface area contributed by atoms with Crippen LogP contribution in [0, 0.1) is 6.92 Å². The largest absolute Gasteiger partial charge is 0.489 e. The summed E-state index contributed by atoms with van der Waals surface area (Å²) in [6.45, 7) is 7.78. The van der Waals surface area contributed by atoms with Crippen LogP contribution in [0.2, 0.25) is 5.02 Å². The normalized spacial score (nSPS) is 15.8. The summed E-state index contributed by atoms with van der Waals surface area (Å²) >= 11 is 6.15. The zero-order valence-electron chi connectivity index (χ0n) is 16.9. The molecular formula is C22H28ClN3O3. The van der Waals surface area contributed by atoms with Crippen molar-refractivity contribution < 1.29 is 14.6 Å². The summed E-state index contributed by atoms with van der Waals surface area (Å²) in [5.74, 6) is 0.400. The van der Waals surface area contributed by atoms with Gasteiger partial charge in [0.2, 0.25) is 5.91 Å². The number of benzene rings is 2. The average molecular weight is 418 g/mol. The Balaban J connectivity index is 1.47. The molecule has 0 aliphatic carbocycles. The smallest absolute Gasteiger partial charge is 0.221 e. The number of amides is 1. The van der Waals surface area contributed by atoms with E-state index in [2.05, 4.69) is 22.0 Å². The number of piperazine rings is 1. The number of β-amino-alcohol motifs (C(OH)–C–C–N with tert-alkyl or cyclic N) is 1. The van der Waals surface area contributed by atoms with Gasteiger partial charge in [0.15, 0.2) is 0 Å². The van der Waals surface area contributed by atoms with Crippen LogP contribution >= 0.6 is 11.6 Å². The zero-order chi connectivity index (χ0) is 20.8. The maximum absolute atomic E-state index is 11.3. The third-order valence-electron chi connectivity index (χ3n) is 4.98. The minimum atomic E-state index is -0.611. The van der Waals surface area contributed by atoms with Crippen LogP contribution in [0.4, 0.5) is 11.4 Å². The summed E-state index contributed by atoms with van der Waals surface area (Å²) in [6.07, 6.45) is -0.611. The van der Waals surface area contributed by atoms with E-state index in [4.69, 9.17) is 16.3 Å². The van der Waals surface area contributed by atoms with Crippen molar-refractivity contribution in [2.75, 3.05) is 49.5 Å². The van der Waals surface area contributed by atoms with Crippen molar-refractivity contribution in [1.29, 1.82) is 0 Å². The molecule has 29 heavy (non-hydrogen) atoms. The summed E-state index contributed by atoms with van der Waals surface area (Å²) in [7, 11) is 0. The number of ether oxygens (including phenoxy) is 1. The van der Waals surface area contributed by atoms with Crippen LogP contribution in [-0.2, 0) is 4.79 Å². The molecule has 7 heteroatoms. The molecule has 0 spiro atoms. The first-order valence-electron chi connectivity index (χ1n) is 9.83. The zero-order valence-corrected chi connectivity index (χ0v) is 17.7. The number of carbonyl (C=O) groups excluding carboxylic acids is 1. The van der Waals surface area contributed by atoms with E-state index in [0.717, 1.165) is 31.2 Å². The molecule has 6 nitrogen and oxygen atoms in total. The van der Waals surface area contributed by atoms with Crippen LogP contribution in [0.5, 0.6) is 5.75 Å². The van der Waals surface area contributed by atoms with Crippen molar-refractivity contribution in [3.05, 3.63) is 53.1 Å². The van der Waals surface area contributed by atoms with Crippen LogP contribution in [0.25, 0.3) is 0 Å². The lowest BCUT2D eigenvalue weighted by atomic mass is 10.1. The van der Waals surface area contributed by atoms with Gasteiger partial charge in [-0.25, -0.2) is 0 Å². The Bertz CT molecular complexity index is 838. The summed E-state index contributed by atoms with van der Waals surface area (Å²) in [5.41, 5.74) is 3.00. The molecule has 1 atom stereocenters. The first-order valence-corrected chi connectivity index (χ1v) is 10.2. The van der Waals surface area contributed by atoms with E-state index in [1.165, 1.54) is 18.2 Å². The Hall–Kier alpha value is -2.28. The second kappa shape index (κ2) is 9.96. The van der Waals surface area contributed by atoms with Crippen LogP contribution in [0.1, 0.15) is 12.5 Å². The van der Waals surface area contributed by atoms with E-state index in [-0.39, 0.29) is 12.5 Å². The van der Waals surface area contributed by atoms with Crippen LogP contribution in [-0.4, -0.2) is 61.3 Å². The second-order valence-corrected chi connectivity index (χ2v) is 7.80. The number of nitrogens with one attached hydrogen (secondary N) is 1. The molecule has 2 aromatic carbocycles. The van der Waals surface area contributed by atoms with Gasteiger partial charge in [-0.1, -0.05) is 29.8 Å². The van der Waals surface area contributed by atoms with Gasteiger partial charge < -0.3 is 20.1 Å². The Morgan fingerprint density at radius 1 is 1.21 bits per heavy atom. The fraction of sp³-hybridized carbons (Fsp3) is 0.409. The number of aliphatic hydroxyl groups is 1. The Morgan fingerprint density at radius 3 is 2.66 bits per heavy atom. The predicted octanol–water partition coefficient (Wildman–Crippen LogP) is 3.17. The van der Waals surface area contributed by atoms with E-state index in [1.54, 1.807) is 12.1 Å². The molecule has 1 fully saturated rings. The SMILES string of the molecule is CC(=O)Nc1ccccc1OCC(O)CN1CCN(c2cc(Cl)ccc2C)CC1. The lowest BCUT2D eigenvalue weighted by molar-refractivity contribution is -0.114. The number of para-hydroxylation sites is 2. The molecule has 2 aromatic rings. The van der Waals surface area contributed by atoms with Gasteiger partial charge in [-0.15, -0.1) is 0 Å². The highest BCUT2D eigenvalue weighted by atomic mass is 35.5. The number of nitrogens with zero attached hydrogens (tertiary/aromatic N) is 2. The van der Waals surface area contributed by atoms with Crippen molar-refractivity contribution in [2.24, 2.45) is 0 Å². The molecule has 2 N–H and O–H groups in total. The number of aliphatic hydroxyl groups excluding tert-OH is 1. The van der Waals surface area contributed by atoms with Gasteiger partial charge in [-0.3, -0.25) is 9.69 Å². The van der Waals surface area contributed by atoms with Crippen LogP contribution in [0.15, 0.2) is 42.5 Å². The minimum absolute atomic E-state index is 0.158. The minimum Gasteiger partial charge on any atom is -0.489 e. The quantitative estimate of drug-likeness (QED) is 0.724. The van der Waals surface area contributed by atoms with Gasteiger partial charge in [0.25, 0.3) is 0 Å². The maximum Gasteiger partial charge on any atom is 0.221 e. The number of halogens is 1. The third kappa shape index (κ3) is 6.10. The van der Waals surface area contributed by atoms with Gasteiger partial charge in [0.05, 0.1) is 5.69 Å². The number of aryl methyl sites for hydroxylation is 1. The fourth-order valence-electron chi connectivity index (χ4n) is 3.52. The molecule has 1 heterocycles. The van der Waals surface area contributed by atoms with Gasteiger partial charge in [0, 0.05) is 50.4 Å². The van der Waals surface area contributed by atoms with Crippen molar-refractivity contribution in [2.45, 2.75) is 20.0 Å². The van der Waals surface area contributed by atoms with E-state index in [1.807, 2.05) is 30.3 Å². The van der Waals surface area contributed by atoms with Gasteiger partial charge in [0.1, 0.15) is 18.5 Å². The Kier molecular flexibility index (Phi) is 7.36. The van der Waals surface area contributed by atoms with Crippen LogP contribution < -0.4 is 15.0 Å². The summed E-state index contributed by atoms with van der Waals surface area (Å²) in [5, 5.41) is 13.9.